The van der Waals surface area contributed by atoms with Crippen LogP contribution >= 0.6 is 0 Å². The highest BCUT2D eigenvalue weighted by Gasteiger charge is 2.04. The van der Waals surface area contributed by atoms with Crippen molar-refractivity contribution in [1.29, 1.82) is 0 Å². The largest absolute Gasteiger partial charge is 0.347 e. The van der Waals surface area contributed by atoms with Crippen LogP contribution < -0.4 is 5.73 Å². The summed E-state index contributed by atoms with van der Waals surface area (Å²) in [5.74, 6) is 0. The summed E-state index contributed by atoms with van der Waals surface area (Å²) in [7, 11) is 1.99. The summed E-state index contributed by atoms with van der Waals surface area (Å²) < 4.78 is 4.24. The van der Waals surface area contributed by atoms with Crippen LogP contribution in [-0.4, -0.2) is 20.9 Å². The molecule has 0 saturated carbocycles. The van der Waals surface area contributed by atoms with E-state index >= 15 is 0 Å². The smallest absolute Gasteiger partial charge is 0.0492 e. The first-order chi connectivity index (χ1) is 9.78. The first-order valence-electron chi connectivity index (χ1n) is 7.02. The van der Waals surface area contributed by atoms with Crippen molar-refractivity contribution in [1.82, 2.24) is 14.3 Å². The molecule has 0 aliphatic carbocycles. The average molecular weight is 268 g/mol. The lowest BCUT2D eigenvalue weighted by Gasteiger charge is -2.07. The van der Waals surface area contributed by atoms with Gasteiger partial charge in [0.15, 0.2) is 0 Å². The summed E-state index contributed by atoms with van der Waals surface area (Å²) in [5.41, 5.74) is 9.46. The zero-order valence-corrected chi connectivity index (χ0v) is 11.8. The van der Waals surface area contributed by atoms with Gasteiger partial charge in [-0.2, -0.15) is 5.10 Å². The summed E-state index contributed by atoms with van der Waals surface area (Å²) in [6.07, 6.45) is 5.94. The van der Waals surface area contributed by atoms with Crippen LogP contribution in [0, 0.1) is 0 Å². The third-order valence-corrected chi connectivity index (χ3v) is 3.80. The number of nitrogens with zero attached hydrogens (tertiary/aromatic N) is 3. The number of benzene rings is 1. The van der Waals surface area contributed by atoms with Gasteiger partial charge in [-0.15, -0.1) is 0 Å². The molecular weight excluding hydrogens is 248 g/mol. The first-order valence-corrected chi connectivity index (χ1v) is 7.02. The Morgan fingerprint density at radius 3 is 2.80 bits per heavy atom. The van der Waals surface area contributed by atoms with Gasteiger partial charge in [-0.25, -0.2) is 0 Å². The Bertz CT molecular complexity index is 708. The van der Waals surface area contributed by atoms with E-state index in [1.54, 1.807) is 0 Å². The monoisotopic (exact) mass is 268 g/mol. The van der Waals surface area contributed by atoms with E-state index in [0.717, 1.165) is 19.4 Å². The standard InChI is InChI=1S/C16H20N4/c1-19-15(5-9-18-19)7-11-20-10-6-14-12-13(4-8-17)2-3-16(14)20/h2-3,5-6,9-10,12H,4,7-8,11,17H2,1H3. The number of fused-ring (bicyclic) bond motifs is 1. The van der Waals surface area contributed by atoms with Crippen molar-refractivity contribution in [3.63, 3.8) is 0 Å². The molecule has 0 unspecified atom stereocenters. The topological polar surface area (TPSA) is 48.8 Å². The van der Waals surface area contributed by atoms with Gasteiger partial charge in [0, 0.05) is 43.6 Å². The van der Waals surface area contributed by atoms with E-state index in [1.165, 1.54) is 22.2 Å². The second-order valence-electron chi connectivity index (χ2n) is 5.14. The SMILES string of the molecule is Cn1nccc1CCn1ccc2cc(CCN)ccc21. The molecule has 4 nitrogen and oxygen atoms in total. The molecule has 0 aliphatic heterocycles. The lowest BCUT2D eigenvalue weighted by Crippen LogP contribution is -2.05. The van der Waals surface area contributed by atoms with Crippen LogP contribution in [0.3, 0.4) is 0 Å². The van der Waals surface area contributed by atoms with Gasteiger partial charge >= 0.3 is 0 Å². The number of hydrogen-bond acceptors (Lipinski definition) is 2. The number of aromatic nitrogens is 3. The quantitative estimate of drug-likeness (QED) is 0.770. The summed E-state index contributed by atoms with van der Waals surface area (Å²) >= 11 is 0. The molecule has 0 atom stereocenters. The van der Waals surface area contributed by atoms with Crippen LogP contribution in [0.4, 0.5) is 0 Å². The predicted molar refractivity (Wildman–Crippen MR) is 81.6 cm³/mol. The maximum Gasteiger partial charge on any atom is 0.0492 e. The molecule has 104 valence electrons. The minimum atomic E-state index is 0.701. The van der Waals surface area contributed by atoms with E-state index in [4.69, 9.17) is 5.73 Å². The highest BCUT2D eigenvalue weighted by atomic mass is 15.3. The van der Waals surface area contributed by atoms with Gasteiger partial charge in [0.2, 0.25) is 0 Å². The lowest BCUT2D eigenvalue weighted by atomic mass is 10.1. The molecule has 4 heteroatoms. The fourth-order valence-corrected chi connectivity index (χ4v) is 2.65. The molecule has 3 aromatic rings. The van der Waals surface area contributed by atoms with Crippen molar-refractivity contribution in [2.45, 2.75) is 19.4 Å². The van der Waals surface area contributed by atoms with Gasteiger partial charge in [0.05, 0.1) is 0 Å². The minimum absolute atomic E-state index is 0.701. The van der Waals surface area contributed by atoms with E-state index in [-0.39, 0.29) is 0 Å². The summed E-state index contributed by atoms with van der Waals surface area (Å²) in [6.45, 7) is 1.67. The third kappa shape index (κ3) is 2.47. The average Bonchev–Trinajstić information content (AvgIpc) is 3.03. The number of rotatable bonds is 5. The summed E-state index contributed by atoms with van der Waals surface area (Å²) in [5, 5.41) is 5.50. The molecule has 2 aromatic heterocycles. The van der Waals surface area contributed by atoms with Gasteiger partial charge in [-0.3, -0.25) is 4.68 Å². The Morgan fingerprint density at radius 1 is 1.15 bits per heavy atom. The van der Waals surface area contributed by atoms with Crippen molar-refractivity contribution >= 4 is 10.9 Å². The van der Waals surface area contributed by atoms with Crippen LogP contribution in [0.25, 0.3) is 10.9 Å². The molecule has 3 rings (SSSR count). The Kier molecular flexibility index (Phi) is 3.56. The van der Waals surface area contributed by atoms with Gasteiger partial charge in [0.25, 0.3) is 0 Å². The van der Waals surface area contributed by atoms with Crippen molar-refractivity contribution in [3.8, 4) is 0 Å². The Balaban J connectivity index is 1.80. The van der Waals surface area contributed by atoms with E-state index in [1.807, 2.05) is 17.9 Å². The summed E-state index contributed by atoms with van der Waals surface area (Å²) in [6, 6.07) is 10.9. The van der Waals surface area contributed by atoms with Gasteiger partial charge < -0.3 is 10.3 Å². The van der Waals surface area contributed by atoms with Crippen molar-refractivity contribution in [2.75, 3.05) is 6.54 Å². The molecule has 2 heterocycles. The minimum Gasteiger partial charge on any atom is -0.347 e. The van der Waals surface area contributed by atoms with Crippen LogP contribution in [0.2, 0.25) is 0 Å². The van der Waals surface area contributed by atoms with Gasteiger partial charge in [-0.05, 0) is 48.2 Å². The van der Waals surface area contributed by atoms with Crippen molar-refractivity contribution < 1.29 is 0 Å². The lowest BCUT2D eigenvalue weighted by molar-refractivity contribution is 0.649. The second-order valence-corrected chi connectivity index (χ2v) is 5.14. The fourth-order valence-electron chi connectivity index (χ4n) is 2.65. The Morgan fingerprint density at radius 2 is 2.05 bits per heavy atom. The Labute approximate surface area is 118 Å². The maximum atomic E-state index is 5.61. The van der Waals surface area contributed by atoms with Crippen LogP contribution in [0.1, 0.15) is 11.3 Å². The van der Waals surface area contributed by atoms with E-state index in [9.17, 15) is 0 Å². The van der Waals surface area contributed by atoms with Crippen LogP contribution in [0.5, 0.6) is 0 Å². The van der Waals surface area contributed by atoms with E-state index < -0.39 is 0 Å². The molecule has 0 aliphatic rings. The van der Waals surface area contributed by atoms with Crippen molar-refractivity contribution in [3.05, 3.63) is 54.0 Å². The van der Waals surface area contributed by atoms with Crippen LogP contribution in [-0.2, 0) is 26.4 Å². The van der Waals surface area contributed by atoms with Gasteiger partial charge in [-0.1, -0.05) is 6.07 Å². The number of hydrogen-bond donors (Lipinski definition) is 1. The number of aryl methyl sites for hydroxylation is 3. The molecule has 0 radical (unpaired) electrons. The summed E-state index contributed by atoms with van der Waals surface area (Å²) in [4.78, 5) is 0. The molecule has 1 aromatic carbocycles. The third-order valence-electron chi connectivity index (χ3n) is 3.80. The van der Waals surface area contributed by atoms with Crippen molar-refractivity contribution in [2.24, 2.45) is 12.8 Å². The molecule has 2 N–H and O–H groups in total. The molecule has 0 amide bonds. The first kappa shape index (κ1) is 12.9. The molecule has 0 saturated heterocycles. The highest BCUT2D eigenvalue weighted by Crippen LogP contribution is 2.18. The zero-order valence-electron chi connectivity index (χ0n) is 11.8. The molecule has 0 spiro atoms. The second kappa shape index (κ2) is 5.51. The predicted octanol–water partition coefficient (Wildman–Crippen LogP) is 2.12. The Hall–Kier alpha value is -2.07. The molecule has 20 heavy (non-hydrogen) atoms. The molecule has 0 bridgehead atoms. The molecular formula is C16H20N4. The highest BCUT2D eigenvalue weighted by molar-refractivity contribution is 5.80. The fraction of sp³-hybridized carbons (Fsp3) is 0.312. The number of nitrogens with two attached hydrogens (primary N) is 1. The van der Waals surface area contributed by atoms with E-state index in [2.05, 4.69) is 46.2 Å². The van der Waals surface area contributed by atoms with Crippen LogP contribution in [0.15, 0.2) is 42.7 Å². The van der Waals surface area contributed by atoms with Gasteiger partial charge in [0.1, 0.15) is 0 Å². The zero-order chi connectivity index (χ0) is 13.9. The maximum absolute atomic E-state index is 5.61. The molecule has 0 fully saturated rings. The van der Waals surface area contributed by atoms with E-state index in [0.29, 0.717) is 6.54 Å². The normalized spacial score (nSPS) is 11.3.